The minimum absolute atomic E-state index is 0.0736. The number of sulfonamides is 1. The number of aliphatic hydroxyl groups is 1. The molecule has 0 aliphatic heterocycles. The number of nitrogens with one attached hydrogen (secondary N) is 1. The van der Waals surface area contributed by atoms with Crippen LogP contribution in [0, 0.1) is 0 Å². The Balaban J connectivity index is 2.04. The molecule has 5 nitrogen and oxygen atoms in total. The molecule has 0 spiro atoms. The van der Waals surface area contributed by atoms with Crippen molar-refractivity contribution in [2.75, 3.05) is 6.54 Å². The van der Waals surface area contributed by atoms with E-state index in [9.17, 15) is 13.5 Å². The lowest BCUT2D eigenvalue weighted by atomic mass is 9.81. The maximum atomic E-state index is 11.8. The Morgan fingerprint density at radius 1 is 1.50 bits per heavy atom. The third-order valence-corrected chi connectivity index (χ3v) is 4.21. The van der Waals surface area contributed by atoms with Crippen LogP contribution in [0.15, 0.2) is 29.4 Å². The Bertz CT molecular complexity index is 454. The Hall–Kier alpha value is -0.980. The molecule has 1 heterocycles. The van der Waals surface area contributed by atoms with Gasteiger partial charge >= 0.3 is 0 Å². The van der Waals surface area contributed by atoms with E-state index in [1.54, 1.807) is 6.07 Å². The molecule has 1 fully saturated rings. The Kier molecular flexibility index (Phi) is 2.96. The first kappa shape index (κ1) is 11.5. The first-order chi connectivity index (χ1) is 7.52. The number of aromatic nitrogens is 1. The SMILES string of the molecule is O=S(=O)(NCC1(O)CCC1)c1cccnc1. The van der Waals surface area contributed by atoms with E-state index < -0.39 is 15.6 Å². The number of nitrogens with zero attached hydrogens (tertiary/aromatic N) is 1. The summed E-state index contributed by atoms with van der Waals surface area (Å²) < 4.78 is 25.9. The fraction of sp³-hybridized carbons (Fsp3) is 0.500. The molecular weight excluding hydrogens is 228 g/mol. The standard InChI is InChI=1S/C10H14N2O3S/c13-10(4-2-5-10)8-12-16(14,15)9-3-1-6-11-7-9/h1,3,6-7,12-13H,2,4-5,8H2. The van der Waals surface area contributed by atoms with Crippen molar-refractivity contribution in [1.82, 2.24) is 9.71 Å². The third kappa shape index (κ3) is 2.40. The van der Waals surface area contributed by atoms with E-state index in [0.29, 0.717) is 12.8 Å². The van der Waals surface area contributed by atoms with Gasteiger partial charge in [-0.05, 0) is 31.4 Å². The molecule has 0 amide bonds. The average molecular weight is 242 g/mol. The molecule has 1 aromatic heterocycles. The fourth-order valence-electron chi connectivity index (χ4n) is 1.58. The maximum Gasteiger partial charge on any atom is 0.242 e. The van der Waals surface area contributed by atoms with Gasteiger partial charge in [-0.3, -0.25) is 4.98 Å². The molecule has 0 radical (unpaired) electrons. The van der Waals surface area contributed by atoms with Gasteiger partial charge in [0, 0.05) is 18.9 Å². The van der Waals surface area contributed by atoms with Gasteiger partial charge < -0.3 is 5.11 Å². The van der Waals surface area contributed by atoms with Crippen molar-refractivity contribution in [3.8, 4) is 0 Å². The molecule has 1 aromatic rings. The fourth-order valence-corrected chi connectivity index (χ4v) is 2.66. The minimum atomic E-state index is -3.54. The monoisotopic (exact) mass is 242 g/mol. The molecule has 0 unspecified atom stereocenters. The molecule has 1 saturated carbocycles. The smallest absolute Gasteiger partial charge is 0.242 e. The number of hydrogen-bond donors (Lipinski definition) is 2. The number of pyridine rings is 1. The molecule has 88 valence electrons. The lowest BCUT2D eigenvalue weighted by Gasteiger charge is -2.36. The topological polar surface area (TPSA) is 79.3 Å². The van der Waals surface area contributed by atoms with Gasteiger partial charge in [-0.2, -0.15) is 0 Å². The van der Waals surface area contributed by atoms with Crippen LogP contribution in [0.2, 0.25) is 0 Å². The molecule has 0 aromatic carbocycles. The van der Waals surface area contributed by atoms with Crippen LogP contribution in [0.1, 0.15) is 19.3 Å². The van der Waals surface area contributed by atoms with Crippen LogP contribution in [0.25, 0.3) is 0 Å². The Labute approximate surface area is 94.6 Å². The Morgan fingerprint density at radius 2 is 2.25 bits per heavy atom. The zero-order valence-corrected chi connectivity index (χ0v) is 9.57. The second-order valence-corrected chi connectivity index (χ2v) is 5.86. The average Bonchev–Trinajstić information content (AvgIpc) is 2.25. The lowest BCUT2D eigenvalue weighted by Crippen LogP contribution is -2.47. The summed E-state index contributed by atoms with van der Waals surface area (Å²) in [6.45, 7) is 0.0736. The van der Waals surface area contributed by atoms with Crippen molar-refractivity contribution in [2.24, 2.45) is 0 Å². The van der Waals surface area contributed by atoms with Crippen LogP contribution in [-0.2, 0) is 10.0 Å². The molecule has 2 rings (SSSR count). The van der Waals surface area contributed by atoms with Gasteiger partial charge in [0.05, 0.1) is 5.60 Å². The number of hydrogen-bond acceptors (Lipinski definition) is 4. The summed E-state index contributed by atoms with van der Waals surface area (Å²) in [5, 5.41) is 9.78. The van der Waals surface area contributed by atoms with Crippen LogP contribution < -0.4 is 4.72 Å². The van der Waals surface area contributed by atoms with Crippen LogP contribution in [0.3, 0.4) is 0 Å². The molecule has 0 saturated heterocycles. The van der Waals surface area contributed by atoms with Crippen LogP contribution in [0.4, 0.5) is 0 Å². The first-order valence-electron chi connectivity index (χ1n) is 5.14. The summed E-state index contributed by atoms with van der Waals surface area (Å²) in [6.07, 6.45) is 5.06. The minimum Gasteiger partial charge on any atom is -0.389 e. The predicted molar refractivity (Wildman–Crippen MR) is 58.2 cm³/mol. The quantitative estimate of drug-likeness (QED) is 0.794. The van der Waals surface area contributed by atoms with Gasteiger partial charge in [0.25, 0.3) is 0 Å². The molecular formula is C10H14N2O3S. The number of rotatable bonds is 4. The summed E-state index contributed by atoms with van der Waals surface area (Å²) in [6, 6.07) is 3.03. The summed E-state index contributed by atoms with van der Waals surface area (Å²) in [4.78, 5) is 3.87. The summed E-state index contributed by atoms with van der Waals surface area (Å²) in [5.41, 5.74) is -0.852. The van der Waals surface area contributed by atoms with Crippen molar-refractivity contribution in [3.05, 3.63) is 24.5 Å². The van der Waals surface area contributed by atoms with E-state index in [-0.39, 0.29) is 11.4 Å². The highest BCUT2D eigenvalue weighted by molar-refractivity contribution is 7.89. The van der Waals surface area contributed by atoms with Crippen molar-refractivity contribution in [2.45, 2.75) is 29.8 Å². The molecule has 0 bridgehead atoms. The molecule has 6 heteroatoms. The second kappa shape index (κ2) is 4.12. The highest BCUT2D eigenvalue weighted by Crippen LogP contribution is 2.30. The van der Waals surface area contributed by atoms with E-state index in [4.69, 9.17) is 0 Å². The van der Waals surface area contributed by atoms with E-state index in [1.807, 2.05) is 0 Å². The van der Waals surface area contributed by atoms with Crippen molar-refractivity contribution < 1.29 is 13.5 Å². The van der Waals surface area contributed by atoms with E-state index in [2.05, 4.69) is 9.71 Å². The molecule has 0 atom stereocenters. The van der Waals surface area contributed by atoms with Gasteiger partial charge in [-0.1, -0.05) is 0 Å². The maximum absolute atomic E-state index is 11.8. The lowest BCUT2D eigenvalue weighted by molar-refractivity contribution is -0.0270. The zero-order valence-electron chi connectivity index (χ0n) is 8.76. The zero-order chi connectivity index (χ0) is 11.6. The first-order valence-corrected chi connectivity index (χ1v) is 6.62. The summed E-state index contributed by atoms with van der Waals surface area (Å²) in [7, 11) is -3.54. The predicted octanol–water partition coefficient (Wildman–Crippen LogP) is 0.275. The molecule has 1 aliphatic rings. The molecule has 16 heavy (non-hydrogen) atoms. The van der Waals surface area contributed by atoms with Crippen molar-refractivity contribution >= 4 is 10.0 Å². The van der Waals surface area contributed by atoms with Gasteiger partial charge in [0.1, 0.15) is 4.90 Å². The largest absolute Gasteiger partial charge is 0.389 e. The second-order valence-electron chi connectivity index (χ2n) is 4.09. The third-order valence-electron chi connectivity index (χ3n) is 2.82. The summed E-state index contributed by atoms with van der Waals surface area (Å²) >= 11 is 0. The molecule has 1 aliphatic carbocycles. The van der Waals surface area contributed by atoms with Crippen molar-refractivity contribution in [1.29, 1.82) is 0 Å². The van der Waals surface area contributed by atoms with Crippen LogP contribution in [0.5, 0.6) is 0 Å². The normalized spacial score (nSPS) is 19.1. The van der Waals surface area contributed by atoms with Crippen LogP contribution >= 0.6 is 0 Å². The Morgan fingerprint density at radius 3 is 2.75 bits per heavy atom. The highest BCUT2D eigenvalue weighted by Gasteiger charge is 2.35. The van der Waals surface area contributed by atoms with Gasteiger partial charge in [0.2, 0.25) is 10.0 Å². The molecule has 2 N–H and O–H groups in total. The van der Waals surface area contributed by atoms with Crippen molar-refractivity contribution in [3.63, 3.8) is 0 Å². The van der Waals surface area contributed by atoms with Gasteiger partial charge in [-0.15, -0.1) is 0 Å². The summed E-state index contributed by atoms with van der Waals surface area (Å²) in [5.74, 6) is 0. The highest BCUT2D eigenvalue weighted by atomic mass is 32.2. The van der Waals surface area contributed by atoms with Gasteiger partial charge in [0.15, 0.2) is 0 Å². The van der Waals surface area contributed by atoms with E-state index in [1.165, 1.54) is 18.5 Å². The van der Waals surface area contributed by atoms with E-state index in [0.717, 1.165) is 6.42 Å². The van der Waals surface area contributed by atoms with Gasteiger partial charge in [-0.25, -0.2) is 13.1 Å². The van der Waals surface area contributed by atoms with E-state index >= 15 is 0 Å². The van der Waals surface area contributed by atoms with Crippen LogP contribution in [-0.4, -0.2) is 30.7 Å².